The Morgan fingerprint density at radius 3 is 2.60 bits per heavy atom. The number of hydrogen-bond acceptors (Lipinski definition) is 3. The Morgan fingerprint density at radius 2 is 1.88 bits per heavy atom. The molecule has 25 heavy (non-hydrogen) atoms. The Kier molecular flexibility index (Phi) is 5.57. The quantitative estimate of drug-likeness (QED) is 0.721. The van der Waals surface area contributed by atoms with Crippen LogP contribution >= 0.6 is 0 Å². The van der Waals surface area contributed by atoms with E-state index in [-0.39, 0.29) is 11.8 Å². The summed E-state index contributed by atoms with van der Waals surface area (Å²) < 4.78 is 1.85. The van der Waals surface area contributed by atoms with Gasteiger partial charge in [0.25, 0.3) is 0 Å². The highest BCUT2D eigenvalue weighted by molar-refractivity contribution is 5.83. The van der Waals surface area contributed by atoms with Gasteiger partial charge in [-0.2, -0.15) is 5.10 Å². The van der Waals surface area contributed by atoms with E-state index in [1.807, 2.05) is 66.3 Å². The van der Waals surface area contributed by atoms with Crippen molar-refractivity contribution in [1.82, 2.24) is 20.1 Å². The molecule has 2 aromatic heterocycles. The zero-order valence-electron chi connectivity index (χ0n) is 14.3. The van der Waals surface area contributed by atoms with Crippen LogP contribution < -0.4 is 5.32 Å². The minimum Gasteiger partial charge on any atom is -0.354 e. The van der Waals surface area contributed by atoms with Gasteiger partial charge < -0.3 is 5.32 Å². The Labute approximate surface area is 147 Å². The number of hydrogen-bond donors (Lipinski definition) is 1. The molecule has 1 amide bonds. The molecule has 5 nitrogen and oxygen atoms in total. The molecule has 0 aliphatic heterocycles. The Hall–Kier alpha value is -2.95. The molecular formula is C20H22N4O. The number of nitrogens with one attached hydrogen (secondary N) is 1. The highest BCUT2D eigenvalue weighted by atomic mass is 16.1. The molecule has 1 aromatic carbocycles. The Morgan fingerprint density at radius 1 is 1.12 bits per heavy atom. The largest absolute Gasteiger partial charge is 0.354 e. The molecule has 2 heterocycles. The fourth-order valence-electron chi connectivity index (χ4n) is 2.84. The van der Waals surface area contributed by atoms with Crippen LogP contribution in [0.4, 0.5) is 0 Å². The second-order valence-electron chi connectivity index (χ2n) is 5.86. The van der Waals surface area contributed by atoms with Gasteiger partial charge in [0.15, 0.2) is 0 Å². The summed E-state index contributed by atoms with van der Waals surface area (Å²) >= 11 is 0. The van der Waals surface area contributed by atoms with Gasteiger partial charge in [0.2, 0.25) is 5.91 Å². The van der Waals surface area contributed by atoms with Crippen LogP contribution in [0.2, 0.25) is 0 Å². The highest BCUT2D eigenvalue weighted by Gasteiger charge is 2.17. The summed E-state index contributed by atoms with van der Waals surface area (Å²) in [6.07, 6.45) is 6.21. The van der Waals surface area contributed by atoms with Gasteiger partial charge in [0, 0.05) is 30.7 Å². The molecule has 0 bridgehead atoms. The smallest absolute Gasteiger partial charge is 0.227 e. The first-order valence-corrected chi connectivity index (χ1v) is 8.54. The first-order chi connectivity index (χ1) is 12.3. The summed E-state index contributed by atoms with van der Waals surface area (Å²) in [5.41, 5.74) is 3.00. The standard InChI is InChI=1S/C20H22N4O/c1-2-18(16-6-4-3-5-7-16)20(25)22-13-15-24-14-10-19(23-24)17-8-11-21-12-9-17/h3-12,14,18H,2,13,15H2,1H3,(H,22,25). The van der Waals surface area contributed by atoms with E-state index in [4.69, 9.17) is 0 Å². The van der Waals surface area contributed by atoms with Crippen molar-refractivity contribution in [3.8, 4) is 11.3 Å². The third-order valence-corrected chi connectivity index (χ3v) is 4.18. The van der Waals surface area contributed by atoms with Crippen molar-refractivity contribution in [1.29, 1.82) is 0 Å². The number of carbonyl (C=O) groups is 1. The fraction of sp³-hybridized carbons (Fsp3) is 0.250. The summed E-state index contributed by atoms with van der Waals surface area (Å²) in [6.45, 7) is 3.23. The minimum atomic E-state index is -0.105. The second-order valence-corrected chi connectivity index (χ2v) is 5.86. The number of pyridine rings is 1. The highest BCUT2D eigenvalue weighted by Crippen LogP contribution is 2.19. The van der Waals surface area contributed by atoms with E-state index in [2.05, 4.69) is 15.4 Å². The molecule has 5 heteroatoms. The van der Waals surface area contributed by atoms with E-state index in [1.165, 1.54) is 0 Å². The summed E-state index contributed by atoms with van der Waals surface area (Å²) in [7, 11) is 0. The van der Waals surface area contributed by atoms with Crippen molar-refractivity contribution in [3.05, 3.63) is 72.7 Å². The molecule has 1 N–H and O–H groups in total. The predicted octanol–water partition coefficient (Wildman–Crippen LogP) is 3.26. The Balaban J connectivity index is 1.54. The maximum absolute atomic E-state index is 12.4. The lowest BCUT2D eigenvalue weighted by atomic mass is 9.96. The van der Waals surface area contributed by atoms with Crippen LogP contribution in [0.3, 0.4) is 0 Å². The van der Waals surface area contributed by atoms with Crippen molar-refractivity contribution >= 4 is 5.91 Å². The summed E-state index contributed by atoms with van der Waals surface area (Å²) in [6, 6.07) is 15.7. The van der Waals surface area contributed by atoms with Gasteiger partial charge in [-0.05, 0) is 30.2 Å². The van der Waals surface area contributed by atoms with E-state index >= 15 is 0 Å². The molecule has 3 aromatic rings. The van der Waals surface area contributed by atoms with E-state index in [0.717, 1.165) is 23.2 Å². The number of amides is 1. The average molecular weight is 334 g/mol. The second kappa shape index (κ2) is 8.24. The first kappa shape index (κ1) is 16.9. The molecule has 0 spiro atoms. The SMILES string of the molecule is CCC(C(=O)NCCn1ccc(-c2ccncc2)n1)c1ccccc1. The van der Waals surface area contributed by atoms with Crippen LogP contribution in [0.1, 0.15) is 24.8 Å². The van der Waals surface area contributed by atoms with Gasteiger partial charge in [-0.3, -0.25) is 14.5 Å². The lowest BCUT2D eigenvalue weighted by Crippen LogP contribution is -2.31. The average Bonchev–Trinajstić information content (AvgIpc) is 3.13. The van der Waals surface area contributed by atoms with Crippen molar-refractivity contribution in [2.24, 2.45) is 0 Å². The van der Waals surface area contributed by atoms with E-state index < -0.39 is 0 Å². The van der Waals surface area contributed by atoms with E-state index in [9.17, 15) is 4.79 Å². The number of benzene rings is 1. The molecule has 0 fully saturated rings. The van der Waals surface area contributed by atoms with Gasteiger partial charge >= 0.3 is 0 Å². The molecule has 0 saturated heterocycles. The zero-order chi connectivity index (χ0) is 17.5. The van der Waals surface area contributed by atoms with Crippen LogP contribution in [0.15, 0.2) is 67.1 Å². The molecule has 1 atom stereocenters. The molecule has 3 rings (SSSR count). The molecule has 128 valence electrons. The third kappa shape index (κ3) is 4.32. The van der Waals surface area contributed by atoms with Crippen LogP contribution in [0.25, 0.3) is 11.3 Å². The van der Waals surface area contributed by atoms with E-state index in [1.54, 1.807) is 12.4 Å². The molecule has 0 aliphatic carbocycles. The van der Waals surface area contributed by atoms with Crippen molar-refractivity contribution in [2.75, 3.05) is 6.54 Å². The van der Waals surface area contributed by atoms with Crippen LogP contribution in [-0.4, -0.2) is 27.2 Å². The number of carbonyl (C=O) groups excluding carboxylic acids is 1. The fourth-order valence-corrected chi connectivity index (χ4v) is 2.84. The van der Waals surface area contributed by atoms with Crippen molar-refractivity contribution in [3.63, 3.8) is 0 Å². The van der Waals surface area contributed by atoms with Gasteiger partial charge in [-0.25, -0.2) is 0 Å². The molecule has 0 aliphatic rings. The summed E-state index contributed by atoms with van der Waals surface area (Å²) in [5.74, 6) is -0.0404. The first-order valence-electron chi connectivity index (χ1n) is 8.54. The number of nitrogens with zero attached hydrogens (tertiary/aromatic N) is 3. The number of aromatic nitrogens is 3. The van der Waals surface area contributed by atoms with Crippen LogP contribution in [0, 0.1) is 0 Å². The lowest BCUT2D eigenvalue weighted by Gasteiger charge is -2.15. The van der Waals surface area contributed by atoms with E-state index in [0.29, 0.717) is 13.1 Å². The lowest BCUT2D eigenvalue weighted by molar-refractivity contribution is -0.122. The molecule has 1 unspecified atom stereocenters. The van der Waals surface area contributed by atoms with Gasteiger partial charge in [-0.1, -0.05) is 37.3 Å². The monoisotopic (exact) mass is 334 g/mol. The number of rotatable bonds is 7. The molecule has 0 radical (unpaired) electrons. The van der Waals surface area contributed by atoms with Gasteiger partial charge in [0.05, 0.1) is 18.2 Å². The maximum Gasteiger partial charge on any atom is 0.227 e. The minimum absolute atomic E-state index is 0.0650. The molecule has 0 saturated carbocycles. The van der Waals surface area contributed by atoms with Crippen molar-refractivity contribution in [2.45, 2.75) is 25.8 Å². The predicted molar refractivity (Wildman–Crippen MR) is 97.9 cm³/mol. The van der Waals surface area contributed by atoms with Crippen LogP contribution in [-0.2, 0) is 11.3 Å². The normalized spacial score (nSPS) is 11.9. The van der Waals surface area contributed by atoms with Crippen molar-refractivity contribution < 1.29 is 4.79 Å². The summed E-state index contributed by atoms with van der Waals surface area (Å²) in [5, 5.41) is 7.56. The van der Waals surface area contributed by atoms with Crippen LogP contribution in [0.5, 0.6) is 0 Å². The zero-order valence-corrected chi connectivity index (χ0v) is 14.3. The van der Waals surface area contributed by atoms with Gasteiger partial charge in [0.1, 0.15) is 0 Å². The molecular weight excluding hydrogens is 312 g/mol. The summed E-state index contributed by atoms with van der Waals surface area (Å²) in [4.78, 5) is 16.5. The van der Waals surface area contributed by atoms with Gasteiger partial charge in [-0.15, -0.1) is 0 Å². The topological polar surface area (TPSA) is 59.8 Å². The Bertz CT molecular complexity index is 799. The third-order valence-electron chi connectivity index (χ3n) is 4.18. The maximum atomic E-state index is 12.4.